The number of fused-ring (bicyclic) bond motifs is 1. The number of rotatable bonds is 6. The van der Waals surface area contributed by atoms with Crippen LogP contribution in [-0.2, 0) is 6.54 Å². The normalized spacial score (nSPS) is 15.6. The Hall–Kier alpha value is -2.67. The molecule has 0 saturated carbocycles. The van der Waals surface area contributed by atoms with Gasteiger partial charge in [-0.3, -0.25) is 9.47 Å². The van der Waals surface area contributed by atoms with E-state index in [-0.39, 0.29) is 5.69 Å². The van der Waals surface area contributed by atoms with E-state index in [2.05, 4.69) is 24.8 Å². The number of nitrogens with zero attached hydrogens (tertiary/aromatic N) is 5. The number of aromatic amines is 1. The molecular weight excluding hydrogens is 328 g/mol. The number of aromatic nitrogens is 4. The molecule has 26 heavy (non-hydrogen) atoms. The van der Waals surface area contributed by atoms with E-state index >= 15 is 0 Å². The fourth-order valence-electron chi connectivity index (χ4n) is 3.56. The van der Waals surface area contributed by atoms with Crippen LogP contribution in [0, 0.1) is 0 Å². The first-order valence-corrected chi connectivity index (χ1v) is 9.23. The van der Waals surface area contributed by atoms with Gasteiger partial charge in [0, 0.05) is 45.1 Å². The van der Waals surface area contributed by atoms with Crippen LogP contribution in [0.5, 0.6) is 0 Å². The number of imidazole rings is 1. The Kier molecular flexibility index (Phi) is 4.97. The number of anilines is 1. The molecule has 0 amide bonds. The zero-order valence-electron chi connectivity index (χ0n) is 14.8. The molecule has 7 nitrogen and oxygen atoms in total. The highest BCUT2D eigenvalue weighted by molar-refractivity contribution is 5.74. The summed E-state index contributed by atoms with van der Waals surface area (Å²) in [5.74, 6) is 0.825. The molecule has 0 atom stereocenters. The molecule has 0 unspecified atom stereocenters. The molecule has 1 saturated heterocycles. The molecule has 0 aliphatic carbocycles. The molecule has 0 spiro atoms. The monoisotopic (exact) mass is 352 g/mol. The Morgan fingerprint density at radius 2 is 1.65 bits per heavy atom. The second-order valence-electron chi connectivity index (χ2n) is 6.68. The highest BCUT2D eigenvalue weighted by Crippen LogP contribution is 2.12. The van der Waals surface area contributed by atoms with Crippen molar-refractivity contribution in [2.75, 3.05) is 37.6 Å². The molecule has 1 fully saturated rings. The van der Waals surface area contributed by atoms with Gasteiger partial charge in [-0.15, -0.1) is 0 Å². The SMILES string of the molecule is O=c1[nH]c2ccccc2n1CCCCN1CCN(c2ncccn2)CC1. The minimum atomic E-state index is -0.0114. The lowest BCUT2D eigenvalue weighted by Crippen LogP contribution is -2.47. The van der Waals surface area contributed by atoms with Crippen molar-refractivity contribution in [1.29, 1.82) is 0 Å². The van der Waals surface area contributed by atoms with Crippen LogP contribution in [0.25, 0.3) is 11.0 Å². The lowest BCUT2D eigenvalue weighted by molar-refractivity contribution is 0.250. The highest BCUT2D eigenvalue weighted by atomic mass is 16.1. The van der Waals surface area contributed by atoms with E-state index in [1.807, 2.05) is 34.9 Å². The largest absolute Gasteiger partial charge is 0.338 e. The van der Waals surface area contributed by atoms with Crippen molar-refractivity contribution in [2.45, 2.75) is 19.4 Å². The number of aryl methyl sites for hydroxylation is 1. The summed E-state index contributed by atoms with van der Waals surface area (Å²) in [6.07, 6.45) is 5.68. The molecule has 3 heterocycles. The zero-order chi connectivity index (χ0) is 17.8. The Bertz CT molecular complexity index is 895. The van der Waals surface area contributed by atoms with Crippen LogP contribution in [0.2, 0.25) is 0 Å². The zero-order valence-corrected chi connectivity index (χ0v) is 14.8. The van der Waals surface area contributed by atoms with E-state index in [0.29, 0.717) is 0 Å². The van der Waals surface area contributed by atoms with Gasteiger partial charge in [-0.2, -0.15) is 0 Å². The third-order valence-electron chi connectivity index (χ3n) is 4.99. The number of hydrogen-bond acceptors (Lipinski definition) is 5. The van der Waals surface area contributed by atoms with E-state index in [9.17, 15) is 4.79 Å². The topological polar surface area (TPSA) is 70.1 Å². The van der Waals surface area contributed by atoms with Crippen molar-refractivity contribution in [2.24, 2.45) is 0 Å². The fourth-order valence-corrected chi connectivity index (χ4v) is 3.56. The molecule has 1 aromatic carbocycles. The quantitative estimate of drug-likeness (QED) is 0.684. The van der Waals surface area contributed by atoms with Gasteiger partial charge < -0.3 is 9.88 Å². The van der Waals surface area contributed by atoms with Crippen molar-refractivity contribution >= 4 is 17.0 Å². The van der Waals surface area contributed by atoms with Gasteiger partial charge in [-0.05, 0) is 37.6 Å². The van der Waals surface area contributed by atoms with E-state index in [1.54, 1.807) is 12.4 Å². The lowest BCUT2D eigenvalue weighted by atomic mass is 10.2. The summed E-state index contributed by atoms with van der Waals surface area (Å²) in [6.45, 7) is 5.83. The lowest BCUT2D eigenvalue weighted by Gasteiger charge is -2.34. The van der Waals surface area contributed by atoms with Gasteiger partial charge in [-0.1, -0.05) is 12.1 Å². The van der Waals surface area contributed by atoms with Crippen LogP contribution in [0.4, 0.5) is 5.95 Å². The van der Waals surface area contributed by atoms with E-state index in [0.717, 1.165) is 69.1 Å². The Balaban J connectivity index is 1.23. The van der Waals surface area contributed by atoms with Crippen molar-refractivity contribution in [3.63, 3.8) is 0 Å². The first-order chi connectivity index (χ1) is 12.8. The highest BCUT2D eigenvalue weighted by Gasteiger charge is 2.18. The number of nitrogens with one attached hydrogen (secondary N) is 1. The Labute approximate surface area is 152 Å². The summed E-state index contributed by atoms with van der Waals surface area (Å²) >= 11 is 0. The maximum Gasteiger partial charge on any atom is 0.326 e. The number of piperazine rings is 1. The first kappa shape index (κ1) is 16.8. The Morgan fingerprint density at radius 1 is 0.923 bits per heavy atom. The molecule has 1 aliphatic heterocycles. The third kappa shape index (κ3) is 3.62. The molecule has 3 aromatic rings. The van der Waals surface area contributed by atoms with Crippen molar-refractivity contribution in [3.8, 4) is 0 Å². The number of H-pyrrole nitrogens is 1. The molecule has 7 heteroatoms. The number of unbranched alkanes of at least 4 members (excludes halogenated alkanes) is 1. The second-order valence-corrected chi connectivity index (χ2v) is 6.68. The van der Waals surface area contributed by atoms with Gasteiger partial charge in [0.1, 0.15) is 0 Å². The van der Waals surface area contributed by atoms with Crippen LogP contribution in [-0.4, -0.2) is 57.1 Å². The summed E-state index contributed by atoms with van der Waals surface area (Å²) in [7, 11) is 0. The molecule has 2 aromatic heterocycles. The van der Waals surface area contributed by atoms with Crippen LogP contribution >= 0.6 is 0 Å². The van der Waals surface area contributed by atoms with Gasteiger partial charge in [0.05, 0.1) is 11.0 Å². The maximum absolute atomic E-state index is 12.1. The molecule has 1 N–H and O–H groups in total. The summed E-state index contributed by atoms with van der Waals surface area (Å²) in [4.78, 5) is 28.4. The predicted octanol–water partition coefficient (Wildman–Crippen LogP) is 1.72. The van der Waals surface area contributed by atoms with Gasteiger partial charge in [0.15, 0.2) is 0 Å². The standard InChI is InChI=1S/C19H24N6O/c26-19-22-16-6-1-2-7-17(16)25(19)11-4-3-10-23-12-14-24(15-13-23)18-20-8-5-9-21-18/h1-2,5-9H,3-4,10-15H2,(H,22,26). The molecule has 0 bridgehead atoms. The number of para-hydroxylation sites is 2. The molecule has 0 radical (unpaired) electrons. The second kappa shape index (κ2) is 7.70. The summed E-state index contributed by atoms with van der Waals surface area (Å²) in [6, 6.07) is 9.71. The van der Waals surface area contributed by atoms with Crippen LogP contribution in [0.15, 0.2) is 47.5 Å². The Morgan fingerprint density at radius 3 is 2.46 bits per heavy atom. The fraction of sp³-hybridized carbons (Fsp3) is 0.421. The summed E-state index contributed by atoms with van der Waals surface area (Å²) in [5.41, 5.74) is 1.90. The first-order valence-electron chi connectivity index (χ1n) is 9.23. The number of hydrogen-bond donors (Lipinski definition) is 1. The van der Waals surface area contributed by atoms with Crippen LogP contribution in [0.3, 0.4) is 0 Å². The molecule has 1 aliphatic rings. The average molecular weight is 352 g/mol. The summed E-state index contributed by atoms with van der Waals surface area (Å²) < 4.78 is 1.85. The van der Waals surface area contributed by atoms with Crippen molar-refractivity contribution in [3.05, 3.63) is 53.2 Å². The predicted molar refractivity (Wildman–Crippen MR) is 102 cm³/mol. The van der Waals surface area contributed by atoms with E-state index < -0.39 is 0 Å². The third-order valence-corrected chi connectivity index (χ3v) is 4.99. The minimum Gasteiger partial charge on any atom is -0.338 e. The van der Waals surface area contributed by atoms with Crippen LogP contribution < -0.4 is 10.6 Å². The van der Waals surface area contributed by atoms with Crippen molar-refractivity contribution < 1.29 is 0 Å². The maximum atomic E-state index is 12.1. The van der Waals surface area contributed by atoms with Crippen LogP contribution in [0.1, 0.15) is 12.8 Å². The molecular formula is C19H24N6O. The average Bonchev–Trinajstić information content (AvgIpc) is 3.01. The van der Waals surface area contributed by atoms with E-state index in [4.69, 9.17) is 0 Å². The number of benzene rings is 1. The molecule has 136 valence electrons. The van der Waals surface area contributed by atoms with Crippen molar-refractivity contribution in [1.82, 2.24) is 24.4 Å². The van der Waals surface area contributed by atoms with E-state index in [1.165, 1.54) is 0 Å². The van der Waals surface area contributed by atoms with Gasteiger partial charge in [0.2, 0.25) is 5.95 Å². The summed E-state index contributed by atoms with van der Waals surface area (Å²) in [5, 5.41) is 0. The van der Waals surface area contributed by atoms with Gasteiger partial charge in [0.25, 0.3) is 0 Å². The van der Waals surface area contributed by atoms with Gasteiger partial charge in [-0.25, -0.2) is 14.8 Å². The smallest absolute Gasteiger partial charge is 0.326 e. The minimum absolute atomic E-state index is 0.0114. The molecule has 4 rings (SSSR count). The van der Waals surface area contributed by atoms with Gasteiger partial charge >= 0.3 is 5.69 Å².